The van der Waals surface area contributed by atoms with Crippen LogP contribution in [0.3, 0.4) is 0 Å². The van der Waals surface area contributed by atoms with Crippen molar-refractivity contribution in [3.63, 3.8) is 0 Å². The van der Waals surface area contributed by atoms with Crippen LogP contribution in [0.4, 0.5) is 0 Å². The maximum Gasteiger partial charge on any atom is 0.343 e. The predicted molar refractivity (Wildman–Crippen MR) is 83.3 cm³/mol. The quantitative estimate of drug-likeness (QED) is 0.340. The fraction of sp³-hybridized carbons (Fsp3) is 0.118. The number of para-hydroxylation sites is 1. The minimum atomic E-state index is -0.814. The van der Waals surface area contributed by atoms with Crippen molar-refractivity contribution in [1.29, 1.82) is 0 Å². The molecule has 0 unspecified atom stereocenters. The van der Waals surface area contributed by atoms with Gasteiger partial charge in [0.1, 0.15) is 0 Å². The van der Waals surface area contributed by atoms with Gasteiger partial charge < -0.3 is 24.8 Å². The molecule has 0 fully saturated rings. The van der Waals surface area contributed by atoms with Crippen LogP contribution in [0.15, 0.2) is 43.0 Å². The van der Waals surface area contributed by atoms with E-state index in [1.807, 2.05) is 0 Å². The van der Waals surface area contributed by atoms with Crippen LogP contribution < -0.4 is 9.47 Å². The Hall–Kier alpha value is -3.15. The molecule has 0 bridgehead atoms. The molecule has 6 heteroatoms. The number of aromatic hydroxyl groups is 3. The first-order valence-corrected chi connectivity index (χ1v) is 6.71. The Bertz CT molecular complexity index is 728. The van der Waals surface area contributed by atoms with Gasteiger partial charge in [-0.05, 0) is 24.6 Å². The molecule has 0 aromatic heterocycles. The van der Waals surface area contributed by atoms with Crippen LogP contribution >= 0.6 is 0 Å². The molecule has 2 rings (SSSR count). The van der Waals surface area contributed by atoms with Gasteiger partial charge in [-0.25, -0.2) is 4.79 Å². The molecule has 2 aromatic carbocycles. The number of hydrogen-bond acceptors (Lipinski definition) is 6. The van der Waals surface area contributed by atoms with Gasteiger partial charge in [-0.15, -0.1) is 6.58 Å². The van der Waals surface area contributed by atoms with Gasteiger partial charge >= 0.3 is 5.97 Å². The Kier molecular flexibility index (Phi) is 4.75. The summed E-state index contributed by atoms with van der Waals surface area (Å²) in [6, 6.07) is 7.16. The largest absolute Gasteiger partial charge is 0.504 e. The molecule has 2 aromatic rings. The first-order valence-electron chi connectivity index (χ1n) is 6.71. The molecular formula is C17H16O6. The monoisotopic (exact) mass is 316 g/mol. The number of esters is 1. The van der Waals surface area contributed by atoms with E-state index in [9.17, 15) is 20.1 Å². The average Bonchev–Trinajstić information content (AvgIpc) is 2.53. The molecule has 23 heavy (non-hydrogen) atoms. The zero-order chi connectivity index (χ0) is 17.0. The highest BCUT2D eigenvalue weighted by molar-refractivity contribution is 5.93. The molecule has 0 radical (unpaired) electrons. The van der Waals surface area contributed by atoms with E-state index in [-0.39, 0.29) is 11.3 Å². The van der Waals surface area contributed by atoms with Crippen LogP contribution in [-0.2, 0) is 6.42 Å². The fourth-order valence-corrected chi connectivity index (χ4v) is 2.03. The molecule has 0 aliphatic rings. The first-order chi connectivity index (χ1) is 11.0. The predicted octanol–water partition coefficient (Wildman–Crippen LogP) is 2.76. The number of rotatable bonds is 5. The van der Waals surface area contributed by atoms with Crippen molar-refractivity contribution < 1.29 is 29.6 Å². The van der Waals surface area contributed by atoms with Gasteiger partial charge in [0.25, 0.3) is 0 Å². The number of phenolic OH excluding ortho intramolecular Hbond substituents is 3. The lowest BCUT2D eigenvalue weighted by Gasteiger charge is -2.13. The van der Waals surface area contributed by atoms with Crippen molar-refractivity contribution >= 4 is 5.97 Å². The first kappa shape index (κ1) is 16.2. The summed E-state index contributed by atoms with van der Waals surface area (Å²) in [4.78, 5) is 12.2. The SMILES string of the molecule is C=CCc1cccc(OC)c1OC(=O)c1cc(O)c(O)c(O)c1. The topological polar surface area (TPSA) is 96.2 Å². The highest BCUT2D eigenvalue weighted by Crippen LogP contribution is 2.37. The van der Waals surface area contributed by atoms with E-state index < -0.39 is 23.2 Å². The molecule has 0 saturated heterocycles. The summed E-state index contributed by atoms with van der Waals surface area (Å²) in [7, 11) is 1.45. The summed E-state index contributed by atoms with van der Waals surface area (Å²) >= 11 is 0. The highest BCUT2D eigenvalue weighted by atomic mass is 16.6. The maximum atomic E-state index is 12.2. The third-order valence-electron chi connectivity index (χ3n) is 3.14. The van der Waals surface area contributed by atoms with Crippen LogP contribution in [0, 0.1) is 0 Å². The molecule has 0 aliphatic heterocycles. The normalized spacial score (nSPS) is 10.1. The molecule has 6 nitrogen and oxygen atoms in total. The number of phenols is 3. The smallest absolute Gasteiger partial charge is 0.343 e. The van der Waals surface area contributed by atoms with Gasteiger partial charge in [-0.2, -0.15) is 0 Å². The maximum absolute atomic E-state index is 12.2. The van der Waals surface area contributed by atoms with Crippen LogP contribution in [0.5, 0.6) is 28.7 Å². The van der Waals surface area contributed by atoms with Crippen molar-refractivity contribution in [2.24, 2.45) is 0 Å². The summed E-state index contributed by atoms with van der Waals surface area (Å²) in [5, 5.41) is 28.3. The molecular weight excluding hydrogens is 300 g/mol. The highest BCUT2D eigenvalue weighted by Gasteiger charge is 2.19. The van der Waals surface area contributed by atoms with Crippen LogP contribution in [0.25, 0.3) is 0 Å². The molecule has 0 heterocycles. The van der Waals surface area contributed by atoms with Gasteiger partial charge in [-0.3, -0.25) is 0 Å². The summed E-state index contributed by atoms with van der Waals surface area (Å²) in [6.07, 6.45) is 2.12. The zero-order valence-electron chi connectivity index (χ0n) is 12.4. The third-order valence-corrected chi connectivity index (χ3v) is 3.14. The standard InChI is InChI=1S/C17H16O6/c1-3-5-10-6-4-7-14(22-2)16(10)23-17(21)11-8-12(18)15(20)13(19)9-11/h3-4,6-9,18-20H,1,5H2,2H3. The Morgan fingerprint density at radius 3 is 2.43 bits per heavy atom. The summed E-state index contributed by atoms with van der Waals surface area (Å²) in [5.74, 6) is -2.17. The van der Waals surface area contributed by atoms with Crippen molar-refractivity contribution in [3.05, 3.63) is 54.1 Å². The van der Waals surface area contributed by atoms with Gasteiger partial charge in [-0.1, -0.05) is 18.2 Å². The number of methoxy groups -OCH3 is 1. The lowest BCUT2D eigenvalue weighted by atomic mass is 10.1. The fourth-order valence-electron chi connectivity index (χ4n) is 2.03. The van der Waals surface area contributed by atoms with Crippen LogP contribution in [0.1, 0.15) is 15.9 Å². The van der Waals surface area contributed by atoms with E-state index in [2.05, 4.69) is 6.58 Å². The Morgan fingerprint density at radius 1 is 1.22 bits per heavy atom. The van der Waals surface area contributed by atoms with Crippen molar-refractivity contribution in [3.8, 4) is 28.7 Å². The van der Waals surface area contributed by atoms with E-state index in [1.165, 1.54) is 7.11 Å². The molecule has 0 spiro atoms. The van der Waals surface area contributed by atoms with Crippen LogP contribution in [-0.4, -0.2) is 28.4 Å². The van der Waals surface area contributed by atoms with Gasteiger partial charge in [0.05, 0.1) is 12.7 Å². The lowest BCUT2D eigenvalue weighted by molar-refractivity contribution is 0.0727. The third kappa shape index (κ3) is 3.37. The van der Waals surface area contributed by atoms with Gasteiger partial charge in [0.2, 0.25) is 0 Å². The molecule has 0 atom stereocenters. The number of carbonyl (C=O) groups is 1. The van der Waals surface area contributed by atoms with E-state index in [1.54, 1.807) is 24.3 Å². The number of carbonyl (C=O) groups excluding carboxylic acids is 1. The van der Waals surface area contributed by atoms with Crippen molar-refractivity contribution in [2.75, 3.05) is 7.11 Å². The number of hydrogen-bond donors (Lipinski definition) is 3. The van der Waals surface area contributed by atoms with E-state index in [0.29, 0.717) is 17.7 Å². The zero-order valence-corrected chi connectivity index (χ0v) is 12.4. The number of allylic oxidation sites excluding steroid dienone is 1. The Balaban J connectivity index is 2.39. The molecule has 0 aliphatic carbocycles. The second-order valence-corrected chi connectivity index (χ2v) is 4.69. The van der Waals surface area contributed by atoms with E-state index in [4.69, 9.17) is 9.47 Å². The summed E-state index contributed by atoms with van der Waals surface area (Å²) in [5.41, 5.74) is 0.577. The Labute approximate surface area is 132 Å². The lowest BCUT2D eigenvalue weighted by Crippen LogP contribution is -2.10. The second-order valence-electron chi connectivity index (χ2n) is 4.69. The number of benzene rings is 2. The van der Waals surface area contributed by atoms with E-state index in [0.717, 1.165) is 12.1 Å². The molecule has 120 valence electrons. The van der Waals surface area contributed by atoms with Crippen molar-refractivity contribution in [1.82, 2.24) is 0 Å². The minimum Gasteiger partial charge on any atom is -0.504 e. The number of ether oxygens (including phenoxy) is 2. The summed E-state index contributed by atoms with van der Waals surface area (Å²) in [6.45, 7) is 3.65. The molecule has 0 amide bonds. The van der Waals surface area contributed by atoms with Crippen LogP contribution in [0.2, 0.25) is 0 Å². The molecule has 3 N–H and O–H groups in total. The average molecular weight is 316 g/mol. The van der Waals surface area contributed by atoms with Gasteiger partial charge in [0, 0.05) is 5.56 Å². The summed E-state index contributed by atoms with van der Waals surface area (Å²) < 4.78 is 10.5. The minimum absolute atomic E-state index is 0.117. The van der Waals surface area contributed by atoms with E-state index >= 15 is 0 Å². The van der Waals surface area contributed by atoms with Crippen molar-refractivity contribution in [2.45, 2.75) is 6.42 Å². The molecule has 0 saturated carbocycles. The second kappa shape index (κ2) is 6.74. The Morgan fingerprint density at radius 2 is 1.87 bits per heavy atom. The van der Waals surface area contributed by atoms with Gasteiger partial charge in [0.15, 0.2) is 28.7 Å².